The van der Waals surface area contributed by atoms with Gasteiger partial charge in [0.05, 0.1) is 4.92 Å². The lowest BCUT2D eigenvalue weighted by molar-refractivity contribution is -0.384. The van der Waals surface area contributed by atoms with Gasteiger partial charge in [0.15, 0.2) is 0 Å². The minimum Gasteiger partial charge on any atom is -0.357 e. The fourth-order valence-corrected chi connectivity index (χ4v) is 2.59. The summed E-state index contributed by atoms with van der Waals surface area (Å²) >= 11 is 0. The second-order valence-corrected chi connectivity index (χ2v) is 5.37. The van der Waals surface area contributed by atoms with Crippen molar-refractivity contribution in [3.63, 3.8) is 0 Å². The zero-order valence-corrected chi connectivity index (χ0v) is 12.5. The molecule has 1 N–H and O–H groups in total. The number of non-ortho nitro benzene ring substituents is 1. The topological polar surface area (TPSA) is 78.7 Å². The predicted molar refractivity (Wildman–Crippen MR) is 80.5 cm³/mol. The lowest BCUT2D eigenvalue weighted by Crippen LogP contribution is -2.58. The van der Waals surface area contributed by atoms with E-state index in [9.17, 15) is 14.9 Å². The van der Waals surface area contributed by atoms with Crippen LogP contribution in [0.2, 0.25) is 0 Å². The van der Waals surface area contributed by atoms with Crippen LogP contribution in [0.15, 0.2) is 18.2 Å². The number of hydrogen-bond acceptors (Lipinski definition) is 5. The van der Waals surface area contributed by atoms with Gasteiger partial charge in [0, 0.05) is 51.5 Å². The molecule has 7 nitrogen and oxygen atoms in total. The number of benzene rings is 1. The molecule has 1 atom stereocenters. The average Bonchev–Trinajstić information content (AvgIpc) is 2.46. The van der Waals surface area contributed by atoms with E-state index in [0.29, 0.717) is 13.1 Å². The Bertz CT molecular complexity index is 559. The highest BCUT2D eigenvalue weighted by atomic mass is 16.6. The Labute approximate surface area is 123 Å². The van der Waals surface area contributed by atoms with Crippen LogP contribution in [0.5, 0.6) is 0 Å². The van der Waals surface area contributed by atoms with Crippen molar-refractivity contribution < 1.29 is 9.72 Å². The lowest BCUT2D eigenvalue weighted by Gasteiger charge is -2.38. The maximum absolute atomic E-state index is 12.3. The number of piperazine rings is 1. The van der Waals surface area contributed by atoms with E-state index in [1.54, 1.807) is 31.1 Å². The third-order valence-electron chi connectivity index (χ3n) is 3.67. The van der Waals surface area contributed by atoms with Crippen LogP contribution in [-0.2, 0) is 4.79 Å². The van der Waals surface area contributed by atoms with Gasteiger partial charge in [0.25, 0.3) is 5.69 Å². The number of carbonyl (C=O) groups excluding carboxylic acids is 1. The standard InChI is InChI=1S/C14H20N4O3/c1-10-8-11(18(20)21)4-5-12(10)17-7-6-15-9-13(17)14(19)16(2)3/h4-5,8,13,15H,6-7,9H2,1-3H3. The highest BCUT2D eigenvalue weighted by molar-refractivity contribution is 5.86. The summed E-state index contributed by atoms with van der Waals surface area (Å²) in [6.07, 6.45) is 0. The molecule has 1 aromatic rings. The third kappa shape index (κ3) is 3.13. The van der Waals surface area contributed by atoms with Crippen LogP contribution in [0.4, 0.5) is 11.4 Å². The summed E-state index contributed by atoms with van der Waals surface area (Å²) in [5.41, 5.74) is 1.76. The fraction of sp³-hybridized carbons (Fsp3) is 0.500. The van der Waals surface area contributed by atoms with Crippen LogP contribution < -0.4 is 10.2 Å². The molecule has 1 heterocycles. The van der Waals surface area contributed by atoms with Gasteiger partial charge in [0.1, 0.15) is 6.04 Å². The van der Waals surface area contributed by atoms with Gasteiger partial charge < -0.3 is 15.1 Å². The highest BCUT2D eigenvalue weighted by Gasteiger charge is 2.30. The number of likely N-dealkylation sites (N-methyl/N-ethyl adjacent to an activating group) is 1. The van der Waals surface area contributed by atoms with Crippen molar-refractivity contribution in [1.82, 2.24) is 10.2 Å². The molecule has 0 radical (unpaired) electrons. The van der Waals surface area contributed by atoms with Gasteiger partial charge >= 0.3 is 0 Å². The van der Waals surface area contributed by atoms with E-state index in [0.717, 1.165) is 17.8 Å². The number of nitrogens with zero attached hydrogens (tertiary/aromatic N) is 3. The summed E-state index contributed by atoms with van der Waals surface area (Å²) in [6.45, 7) is 3.89. The van der Waals surface area contributed by atoms with E-state index in [2.05, 4.69) is 5.32 Å². The summed E-state index contributed by atoms with van der Waals surface area (Å²) in [4.78, 5) is 26.3. The zero-order chi connectivity index (χ0) is 15.6. The number of nitro groups is 1. The highest BCUT2D eigenvalue weighted by Crippen LogP contribution is 2.27. The molecular formula is C14H20N4O3. The quantitative estimate of drug-likeness (QED) is 0.657. The van der Waals surface area contributed by atoms with Gasteiger partial charge in [-0.1, -0.05) is 0 Å². The Kier molecular flexibility index (Phi) is 4.42. The Hall–Kier alpha value is -2.15. The number of aryl methyl sites for hydroxylation is 1. The molecule has 114 valence electrons. The SMILES string of the molecule is Cc1cc([N+](=O)[O-])ccc1N1CCNCC1C(=O)N(C)C. The Morgan fingerprint density at radius 3 is 2.76 bits per heavy atom. The monoisotopic (exact) mass is 292 g/mol. The first-order valence-electron chi connectivity index (χ1n) is 6.85. The zero-order valence-electron chi connectivity index (χ0n) is 12.5. The molecule has 1 aliphatic heterocycles. The van der Waals surface area contributed by atoms with Crippen molar-refractivity contribution in [3.05, 3.63) is 33.9 Å². The van der Waals surface area contributed by atoms with Gasteiger partial charge in [-0.05, 0) is 18.6 Å². The molecule has 0 bridgehead atoms. The summed E-state index contributed by atoms with van der Waals surface area (Å²) in [7, 11) is 3.47. The Morgan fingerprint density at radius 2 is 2.19 bits per heavy atom. The molecule has 0 aliphatic carbocycles. The number of amides is 1. The maximum Gasteiger partial charge on any atom is 0.269 e. The molecule has 2 rings (SSSR count). The second kappa shape index (κ2) is 6.09. The number of carbonyl (C=O) groups is 1. The number of hydrogen-bond donors (Lipinski definition) is 1. The molecule has 1 aromatic carbocycles. The van der Waals surface area contributed by atoms with E-state index in [1.807, 2.05) is 11.8 Å². The summed E-state index contributed by atoms with van der Waals surface area (Å²) in [6, 6.07) is 4.49. The number of nitro benzene ring substituents is 1. The van der Waals surface area contributed by atoms with Crippen LogP contribution in [0.3, 0.4) is 0 Å². The van der Waals surface area contributed by atoms with Gasteiger partial charge in [0.2, 0.25) is 5.91 Å². The van der Waals surface area contributed by atoms with Crippen molar-refractivity contribution in [1.29, 1.82) is 0 Å². The van der Waals surface area contributed by atoms with Gasteiger partial charge in [-0.2, -0.15) is 0 Å². The van der Waals surface area contributed by atoms with Crippen LogP contribution >= 0.6 is 0 Å². The molecule has 1 aliphatic rings. The number of anilines is 1. The van der Waals surface area contributed by atoms with E-state index in [-0.39, 0.29) is 17.6 Å². The van der Waals surface area contributed by atoms with Crippen LogP contribution in [-0.4, -0.2) is 55.5 Å². The third-order valence-corrected chi connectivity index (χ3v) is 3.67. The van der Waals surface area contributed by atoms with Crippen molar-refractivity contribution in [2.24, 2.45) is 0 Å². The van der Waals surface area contributed by atoms with Gasteiger partial charge in [-0.25, -0.2) is 0 Å². The van der Waals surface area contributed by atoms with E-state index < -0.39 is 4.92 Å². The summed E-state index contributed by atoms with van der Waals surface area (Å²) < 4.78 is 0. The first kappa shape index (κ1) is 15.2. The molecule has 1 fully saturated rings. The van der Waals surface area contributed by atoms with Crippen LogP contribution in [0.1, 0.15) is 5.56 Å². The molecular weight excluding hydrogens is 272 g/mol. The smallest absolute Gasteiger partial charge is 0.269 e. The van der Waals surface area contributed by atoms with Crippen molar-refractivity contribution in [3.8, 4) is 0 Å². The minimum atomic E-state index is -0.406. The first-order valence-corrected chi connectivity index (χ1v) is 6.85. The Morgan fingerprint density at radius 1 is 1.48 bits per heavy atom. The van der Waals surface area contributed by atoms with Crippen molar-refractivity contribution >= 4 is 17.3 Å². The molecule has 0 spiro atoms. The predicted octanol–water partition coefficient (Wildman–Crippen LogP) is 0.770. The molecule has 21 heavy (non-hydrogen) atoms. The number of rotatable bonds is 3. The largest absolute Gasteiger partial charge is 0.357 e. The Balaban J connectivity index is 2.33. The molecule has 7 heteroatoms. The number of nitrogens with one attached hydrogen (secondary N) is 1. The fourth-order valence-electron chi connectivity index (χ4n) is 2.59. The first-order chi connectivity index (χ1) is 9.91. The van der Waals surface area contributed by atoms with Gasteiger partial charge in [-0.3, -0.25) is 14.9 Å². The molecule has 0 saturated carbocycles. The summed E-state index contributed by atoms with van der Waals surface area (Å²) in [5.74, 6) is 0.0277. The molecule has 0 aromatic heterocycles. The average molecular weight is 292 g/mol. The van der Waals surface area contributed by atoms with Crippen LogP contribution in [0, 0.1) is 17.0 Å². The normalized spacial score (nSPS) is 18.4. The summed E-state index contributed by atoms with van der Waals surface area (Å²) in [5, 5.41) is 14.0. The molecule has 1 unspecified atom stereocenters. The molecule has 1 amide bonds. The van der Waals surface area contributed by atoms with Crippen molar-refractivity contribution in [2.75, 3.05) is 38.6 Å². The second-order valence-electron chi connectivity index (χ2n) is 5.37. The lowest BCUT2D eigenvalue weighted by atomic mass is 10.1. The maximum atomic E-state index is 12.3. The van der Waals surface area contributed by atoms with E-state index in [4.69, 9.17) is 0 Å². The van der Waals surface area contributed by atoms with Crippen molar-refractivity contribution in [2.45, 2.75) is 13.0 Å². The van der Waals surface area contributed by atoms with E-state index >= 15 is 0 Å². The van der Waals surface area contributed by atoms with Crippen LogP contribution in [0.25, 0.3) is 0 Å². The molecule has 1 saturated heterocycles. The van der Waals surface area contributed by atoms with Gasteiger partial charge in [-0.15, -0.1) is 0 Å². The van der Waals surface area contributed by atoms with E-state index in [1.165, 1.54) is 6.07 Å². The minimum absolute atomic E-state index is 0.0277.